The molecule has 0 aliphatic heterocycles. The average Bonchev–Trinajstić information content (AvgIpc) is 3.21. The minimum Gasteiger partial charge on any atom is -0.359 e. The van der Waals surface area contributed by atoms with E-state index in [0.717, 1.165) is 28.6 Å². The molecule has 4 aromatic rings. The second-order valence-corrected chi connectivity index (χ2v) is 7.69. The number of hydrogen-bond acceptors (Lipinski definition) is 7. The van der Waals surface area contributed by atoms with Gasteiger partial charge in [0.1, 0.15) is 5.69 Å². The first-order valence-electron chi connectivity index (χ1n) is 9.09. The summed E-state index contributed by atoms with van der Waals surface area (Å²) in [4.78, 5) is 8.64. The first-order valence-corrected chi connectivity index (χ1v) is 9.90. The number of hydrogen-bond donors (Lipinski definition) is 2. The van der Waals surface area contributed by atoms with Crippen LogP contribution < -0.4 is 11.1 Å². The molecule has 0 saturated heterocycles. The predicted octanol–water partition coefficient (Wildman–Crippen LogP) is 4.15. The number of nitrogens with zero attached hydrogens (tertiary/aromatic N) is 4. The van der Waals surface area contributed by atoms with Gasteiger partial charge in [0.15, 0.2) is 5.01 Å². The highest BCUT2D eigenvalue weighted by atomic mass is 32.1. The highest BCUT2D eigenvalue weighted by Crippen LogP contribution is 2.29. The normalized spacial score (nSPS) is 12.8. The number of nitrogens with one attached hydrogen (secondary N) is 1. The van der Waals surface area contributed by atoms with E-state index in [1.807, 2.05) is 18.2 Å². The maximum absolute atomic E-state index is 12.6. The summed E-state index contributed by atoms with van der Waals surface area (Å²) < 4.78 is 37.9. The van der Waals surface area contributed by atoms with Crippen molar-refractivity contribution in [1.29, 1.82) is 0 Å². The monoisotopic (exact) mass is 430 g/mol. The van der Waals surface area contributed by atoms with Gasteiger partial charge in [-0.15, -0.1) is 10.2 Å². The number of pyridine rings is 2. The largest absolute Gasteiger partial charge is 0.416 e. The second kappa shape index (κ2) is 8.33. The number of rotatable bonds is 6. The van der Waals surface area contributed by atoms with Gasteiger partial charge in [0.05, 0.1) is 11.1 Å². The first kappa shape index (κ1) is 20.2. The molecule has 0 bridgehead atoms. The minimum absolute atomic E-state index is 0.291. The maximum Gasteiger partial charge on any atom is 0.416 e. The Morgan fingerprint density at radius 3 is 2.60 bits per heavy atom. The summed E-state index contributed by atoms with van der Waals surface area (Å²) in [6.07, 6.45) is -0.465. The van der Waals surface area contributed by atoms with Crippen molar-refractivity contribution in [2.45, 2.75) is 18.6 Å². The molecule has 3 N–H and O–H groups in total. The van der Waals surface area contributed by atoms with Crippen molar-refractivity contribution in [3.8, 4) is 10.7 Å². The van der Waals surface area contributed by atoms with Crippen LogP contribution in [0.3, 0.4) is 0 Å². The summed E-state index contributed by atoms with van der Waals surface area (Å²) in [6, 6.07) is 10.4. The summed E-state index contributed by atoms with van der Waals surface area (Å²) in [5.74, 6) is 0. The number of fused-ring (bicyclic) bond motifs is 1. The molecule has 4 rings (SSSR count). The molecule has 0 saturated carbocycles. The molecule has 1 aromatic carbocycles. The van der Waals surface area contributed by atoms with Crippen LogP contribution in [-0.4, -0.2) is 32.8 Å². The minimum atomic E-state index is -4.34. The summed E-state index contributed by atoms with van der Waals surface area (Å²) in [5.41, 5.74) is 7.72. The van der Waals surface area contributed by atoms with Crippen LogP contribution in [0.1, 0.15) is 11.1 Å². The van der Waals surface area contributed by atoms with Gasteiger partial charge in [-0.3, -0.25) is 4.98 Å². The van der Waals surface area contributed by atoms with Crippen LogP contribution in [0.5, 0.6) is 0 Å². The number of alkyl halides is 3. The molecule has 3 heterocycles. The van der Waals surface area contributed by atoms with E-state index in [9.17, 15) is 13.2 Å². The molecule has 154 valence electrons. The Bertz CT molecular complexity index is 1140. The standard InChI is InChI=1S/C20H17F3N6S/c21-20(22,23)14-4-1-12(2-5-14)9-15(24)11-26-19-29-28-18(30-19)17-6-3-13-10-25-8-7-16(13)27-17/h1-8,10,15H,9,11,24H2,(H,26,29)/t15-/m1/s1. The van der Waals surface area contributed by atoms with Gasteiger partial charge in [0, 0.05) is 30.4 Å². The molecule has 30 heavy (non-hydrogen) atoms. The third kappa shape index (κ3) is 4.71. The van der Waals surface area contributed by atoms with Crippen LogP contribution in [0.2, 0.25) is 0 Å². The Kier molecular flexibility index (Phi) is 5.60. The van der Waals surface area contributed by atoms with Gasteiger partial charge in [-0.2, -0.15) is 13.2 Å². The Morgan fingerprint density at radius 1 is 1.03 bits per heavy atom. The van der Waals surface area contributed by atoms with Crippen LogP contribution in [0.15, 0.2) is 54.9 Å². The smallest absolute Gasteiger partial charge is 0.359 e. The molecule has 6 nitrogen and oxygen atoms in total. The van der Waals surface area contributed by atoms with E-state index in [2.05, 4.69) is 25.5 Å². The number of nitrogens with two attached hydrogens (primary N) is 1. The zero-order chi connectivity index (χ0) is 21.1. The van der Waals surface area contributed by atoms with Crippen LogP contribution in [0.4, 0.5) is 18.3 Å². The SMILES string of the molecule is N[C@@H](CNc1nnc(-c2ccc3cnccc3n2)s1)Cc1ccc(C(F)(F)F)cc1. The quantitative estimate of drug-likeness (QED) is 0.478. The van der Waals surface area contributed by atoms with Crippen molar-refractivity contribution in [3.05, 3.63) is 66.0 Å². The van der Waals surface area contributed by atoms with Gasteiger partial charge in [-0.1, -0.05) is 23.5 Å². The van der Waals surface area contributed by atoms with E-state index in [4.69, 9.17) is 5.73 Å². The first-order chi connectivity index (χ1) is 14.4. The highest BCUT2D eigenvalue weighted by Gasteiger charge is 2.29. The van der Waals surface area contributed by atoms with E-state index in [-0.39, 0.29) is 6.04 Å². The van der Waals surface area contributed by atoms with E-state index in [1.54, 1.807) is 12.4 Å². The Balaban J connectivity index is 1.35. The molecular formula is C20H17F3N6S. The third-order valence-corrected chi connectivity index (χ3v) is 5.33. The number of anilines is 1. The lowest BCUT2D eigenvalue weighted by Gasteiger charge is -2.13. The summed E-state index contributed by atoms with van der Waals surface area (Å²) in [6.45, 7) is 0.409. The molecule has 0 unspecified atom stereocenters. The molecule has 0 spiro atoms. The van der Waals surface area contributed by atoms with Crippen LogP contribution in [0.25, 0.3) is 21.6 Å². The van der Waals surface area contributed by atoms with Gasteiger partial charge < -0.3 is 11.1 Å². The lowest BCUT2D eigenvalue weighted by molar-refractivity contribution is -0.137. The maximum atomic E-state index is 12.6. The van der Waals surface area contributed by atoms with Gasteiger partial charge in [0.2, 0.25) is 5.13 Å². The van der Waals surface area contributed by atoms with Crippen LogP contribution >= 0.6 is 11.3 Å². The molecule has 0 aliphatic carbocycles. The number of benzene rings is 1. The molecule has 3 aromatic heterocycles. The molecule has 1 atom stereocenters. The molecular weight excluding hydrogens is 413 g/mol. The fourth-order valence-electron chi connectivity index (χ4n) is 2.91. The molecule has 10 heteroatoms. The van der Waals surface area contributed by atoms with Crippen LogP contribution in [0, 0.1) is 0 Å². The van der Waals surface area contributed by atoms with E-state index in [1.165, 1.54) is 23.5 Å². The topological polar surface area (TPSA) is 89.6 Å². The van der Waals surface area contributed by atoms with Crippen molar-refractivity contribution in [3.63, 3.8) is 0 Å². The Labute approximate surface area is 174 Å². The Hall–Kier alpha value is -3.11. The third-order valence-electron chi connectivity index (χ3n) is 4.43. The predicted molar refractivity (Wildman–Crippen MR) is 110 cm³/mol. The zero-order valence-corrected chi connectivity index (χ0v) is 16.4. The van der Waals surface area contributed by atoms with Gasteiger partial charge in [-0.25, -0.2) is 4.98 Å². The number of aromatic nitrogens is 4. The Morgan fingerprint density at radius 2 is 1.83 bits per heavy atom. The van der Waals surface area contributed by atoms with Crippen molar-refractivity contribution in [2.75, 3.05) is 11.9 Å². The second-order valence-electron chi connectivity index (χ2n) is 6.72. The molecule has 0 fully saturated rings. The van der Waals surface area contributed by atoms with Gasteiger partial charge in [-0.05, 0) is 42.3 Å². The van der Waals surface area contributed by atoms with Crippen molar-refractivity contribution in [1.82, 2.24) is 20.2 Å². The van der Waals surface area contributed by atoms with Gasteiger partial charge >= 0.3 is 6.18 Å². The highest BCUT2D eigenvalue weighted by molar-refractivity contribution is 7.18. The zero-order valence-electron chi connectivity index (χ0n) is 15.6. The van der Waals surface area contributed by atoms with Crippen LogP contribution in [-0.2, 0) is 12.6 Å². The summed E-state index contributed by atoms with van der Waals surface area (Å²) in [7, 11) is 0. The van der Waals surface area contributed by atoms with Crippen molar-refractivity contribution >= 4 is 27.4 Å². The summed E-state index contributed by atoms with van der Waals surface area (Å²) in [5, 5.41) is 13.6. The van der Waals surface area contributed by atoms with E-state index >= 15 is 0 Å². The average molecular weight is 430 g/mol. The van der Waals surface area contributed by atoms with E-state index < -0.39 is 11.7 Å². The van der Waals surface area contributed by atoms with Crippen molar-refractivity contribution in [2.24, 2.45) is 5.73 Å². The van der Waals surface area contributed by atoms with Gasteiger partial charge in [0.25, 0.3) is 0 Å². The molecule has 0 aliphatic rings. The van der Waals surface area contributed by atoms with Crippen molar-refractivity contribution < 1.29 is 13.2 Å². The fourth-order valence-corrected chi connectivity index (χ4v) is 3.63. The fraction of sp³-hybridized carbons (Fsp3) is 0.200. The number of halogens is 3. The van der Waals surface area contributed by atoms with E-state index in [0.29, 0.717) is 28.8 Å². The summed E-state index contributed by atoms with van der Waals surface area (Å²) >= 11 is 1.36. The molecule has 0 radical (unpaired) electrons. The lowest BCUT2D eigenvalue weighted by Crippen LogP contribution is -2.31. The lowest BCUT2D eigenvalue weighted by atomic mass is 10.0. The molecule has 0 amide bonds.